The largest absolute Gasteiger partial charge is 0.494 e. The summed E-state index contributed by atoms with van der Waals surface area (Å²) < 4.78 is 21.2. The van der Waals surface area contributed by atoms with Crippen molar-refractivity contribution in [3.05, 3.63) is 46.8 Å². The lowest BCUT2D eigenvalue weighted by atomic mass is 10.1. The molecule has 174 valence electrons. The number of ether oxygens (including phenoxy) is 4. The molecule has 0 saturated carbocycles. The molecule has 0 spiro atoms. The summed E-state index contributed by atoms with van der Waals surface area (Å²) in [4.78, 5) is 39.4. The van der Waals surface area contributed by atoms with Crippen LogP contribution in [0, 0.1) is 13.8 Å². The van der Waals surface area contributed by atoms with Gasteiger partial charge in [-0.05, 0) is 64.4 Å². The zero-order valence-electron chi connectivity index (χ0n) is 19.1. The molecule has 9 nitrogen and oxygen atoms in total. The second-order valence-electron chi connectivity index (χ2n) is 7.26. The lowest BCUT2D eigenvalue weighted by Gasteiger charge is -2.09. The molecule has 1 amide bonds. The fourth-order valence-electron chi connectivity index (χ4n) is 2.95. The smallest absolute Gasteiger partial charge is 0.355 e. The van der Waals surface area contributed by atoms with Crippen molar-refractivity contribution in [2.45, 2.75) is 40.7 Å². The Morgan fingerprint density at radius 3 is 2.22 bits per heavy atom. The summed E-state index contributed by atoms with van der Waals surface area (Å²) in [5.41, 5.74) is 1.32. The number of aryl methyl sites for hydroxylation is 1. The number of aromatic amines is 1. The maximum absolute atomic E-state index is 12.3. The fourth-order valence-corrected chi connectivity index (χ4v) is 2.95. The van der Waals surface area contributed by atoms with E-state index in [1.54, 1.807) is 52.0 Å². The lowest BCUT2D eigenvalue weighted by Crippen LogP contribution is -2.32. The maximum atomic E-state index is 12.3. The van der Waals surface area contributed by atoms with E-state index in [-0.39, 0.29) is 24.9 Å². The number of benzene rings is 1. The Bertz CT molecular complexity index is 933. The number of hydrogen-bond acceptors (Lipinski definition) is 7. The zero-order chi connectivity index (χ0) is 23.7. The van der Waals surface area contributed by atoms with E-state index in [0.717, 1.165) is 5.75 Å². The Balaban J connectivity index is 1.77. The van der Waals surface area contributed by atoms with Crippen LogP contribution in [0.2, 0.25) is 0 Å². The van der Waals surface area contributed by atoms with Gasteiger partial charge < -0.3 is 29.2 Å². The number of esters is 2. The van der Waals surface area contributed by atoms with Crippen molar-refractivity contribution in [3.8, 4) is 11.5 Å². The lowest BCUT2D eigenvalue weighted by molar-refractivity contribution is -0.124. The van der Waals surface area contributed by atoms with Gasteiger partial charge >= 0.3 is 11.9 Å². The highest BCUT2D eigenvalue weighted by atomic mass is 16.5. The molecule has 0 bridgehead atoms. The van der Waals surface area contributed by atoms with E-state index in [2.05, 4.69) is 10.3 Å². The molecule has 2 aromatic rings. The quantitative estimate of drug-likeness (QED) is 0.403. The van der Waals surface area contributed by atoms with Crippen LogP contribution in [0.3, 0.4) is 0 Å². The van der Waals surface area contributed by atoms with E-state index in [1.807, 2.05) is 6.92 Å². The number of carbonyl (C=O) groups is 3. The summed E-state index contributed by atoms with van der Waals surface area (Å²) in [7, 11) is 0. The van der Waals surface area contributed by atoms with Gasteiger partial charge in [0, 0.05) is 5.69 Å². The summed E-state index contributed by atoms with van der Waals surface area (Å²) in [5, 5.41) is 2.61. The van der Waals surface area contributed by atoms with Crippen LogP contribution in [0.15, 0.2) is 24.3 Å². The van der Waals surface area contributed by atoms with Crippen molar-refractivity contribution >= 4 is 17.8 Å². The molecule has 1 aromatic carbocycles. The Morgan fingerprint density at radius 2 is 1.62 bits per heavy atom. The Labute approximate surface area is 187 Å². The van der Waals surface area contributed by atoms with Gasteiger partial charge in [-0.3, -0.25) is 4.79 Å². The molecule has 0 fully saturated rings. The first-order chi connectivity index (χ1) is 15.2. The Morgan fingerprint density at radius 1 is 1.00 bits per heavy atom. The van der Waals surface area contributed by atoms with Gasteiger partial charge in [0.25, 0.3) is 5.91 Å². The van der Waals surface area contributed by atoms with Gasteiger partial charge in [0.1, 0.15) is 23.8 Å². The molecular weight excluding hydrogens is 416 g/mol. The predicted octanol–water partition coefficient (Wildman–Crippen LogP) is 2.95. The number of amides is 1. The molecule has 0 radical (unpaired) electrons. The molecule has 0 aliphatic carbocycles. The van der Waals surface area contributed by atoms with E-state index >= 15 is 0 Å². The maximum Gasteiger partial charge on any atom is 0.355 e. The SMILES string of the molecule is CCOc1ccc(OCCNC(=O)COC(=O)c2[nH]c(C)c(C(=O)OC(C)C)c2C)cc1. The average molecular weight is 447 g/mol. The third-order valence-electron chi connectivity index (χ3n) is 4.35. The number of hydrogen-bond donors (Lipinski definition) is 2. The molecule has 2 N–H and O–H groups in total. The number of nitrogens with one attached hydrogen (secondary N) is 2. The van der Waals surface area contributed by atoms with Crippen molar-refractivity contribution in [1.82, 2.24) is 10.3 Å². The van der Waals surface area contributed by atoms with Gasteiger partial charge in [-0.1, -0.05) is 0 Å². The Hall–Kier alpha value is -3.49. The number of carbonyl (C=O) groups excluding carboxylic acids is 3. The van der Waals surface area contributed by atoms with Crippen molar-refractivity contribution in [2.75, 3.05) is 26.4 Å². The average Bonchev–Trinajstić information content (AvgIpc) is 3.04. The van der Waals surface area contributed by atoms with Crippen molar-refractivity contribution in [2.24, 2.45) is 0 Å². The van der Waals surface area contributed by atoms with Gasteiger partial charge in [-0.2, -0.15) is 0 Å². The van der Waals surface area contributed by atoms with Gasteiger partial charge in [0.05, 0.1) is 24.8 Å². The highest BCUT2D eigenvalue weighted by molar-refractivity contribution is 5.99. The molecule has 0 atom stereocenters. The normalized spacial score (nSPS) is 10.6. The molecule has 1 heterocycles. The van der Waals surface area contributed by atoms with Gasteiger partial charge in [-0.25, -0.2) is 9.59 Å². The van der Waals surface area contributed by atoms with Crippen molar-refractivity contribution in [3.63, 3.8) is 0 Å². The van der Waals surface area contributed by atoms with Gasteiger partial charge in [-0.15, -0.1) is 0 Å². The van der Waals surface area contributed by atoms with Gasteiger partial charge in [0.15, 0.2) is 6.61 Å². The van der Waals surface area contributed by atoms with Crippen LogP contribution in [0.5, 0.6) is 11.5 Å². The third-order valence-corrected chi connectivity index (χ3v) is 4.35. The van der Waals surface area contributed by atoms with Crippen LogP contribution >= 0.6 is 0 Å². The summed E-state index contributed by atoms with van der Waals surface area (Å²) in [5.74, 6) is -0.301. The third kappa shape index (κ3) is 7.04. The van der Waals surface area contributed by atoms with E-state index in [4.69, 9.17) is 18.9 Å². The number of rotatable bonds is 11. The van der Waals surface area contributed by atoms with Crippen molar-refractivity contribution in [1.29, 1.82) is 0 Å². The monoisotopic (exact) mass is 446 g/mol. The molecule has 2 rings (SSSR count). The van der Waals surface area contributed by atoms with Crippen molar-refractivity contribution < 1.29 is 33.3 Å². The van der Waals surface area contributed by atoms with Crippen LogP contribution in [0.1, 0.15) is 52.9 Å². The van der Waals surface area contributed by atoms with Crippen LogP contribution in [0.25, 0.3) is 0 Å². The molecule has 1 aromatic heterocycles. The summed E-state index contributed by atoms with van der Waals surface area (Å²) in [6.07, 6.45) is -0.284. The molecule has 0 unspecified atom stereocenters. The first-order valence-electron chi connectivity index (χ1n) is 10.4. The first-order valence-corrected chi connectivity index (χ1v) is 10.4. The van der Waals surface area contributed by atoms with E-state index in [9.17, 15) is 14.4 Å². The van der Waals surface area contributed by atoms with Crippen LogP contribution < -0.4 is 14.8 Å². The van der Waals surface area contributed by atoms with E-state index in [0.29, 0.717) is 29.2 Å². The molecule has 0 aliphatic heterocycles. The van der Waals surface area contributed by atoms with Gasteiger partial charge in [0.2, 0.25) is 0 Å². The fraction of sp³-hybridized carbons (Fsp3) is 0.435. The standard InChI is InChI=1S/C23H30N2O7/c1-6-29-17-7-9-18(10-8-17)30-12-11-24-19(26)13-31-23(28)21-15(4)20(16(5)25-21)22(27)32-14(2)3/h7-10,14,25H,6,11-13H2,1-5H3,(H,24,26). The minimum Gasteiger partial charge on any atom is -0.494 e. The first kappa shape index (κ1) is 24.8. The summed E-state index contributed by atoms with van der Waals surface area (Å²) in [6.45, 7) is 9.31. The molecule has 32 heavy (non-hydrogen) atoms. The summed E-state index contributed by atoms with van der Waals surface area (Å²) >= 11 is 0. The van der Waals surface area contributed by atoms with E-state index in [1.165, 1.54) is 0 Å². The molecule has 0 aliphatic rings. The number of aromatic nitrogens is 1. The Kier molecular flexibility index (Phi) is 9.12. The highest BCUT2D eigenvalue weighted by Crippen LogP contribution is 2.20. The zero-order valence-corrected chi connectivity index (χ0v) is 19.1. The molecule has 0 saturated heterocycles. The molecule has 9 heteroatoms. The molecular formula is C23H30N2O7. The highest BCUT2D eigenvalue weighted by Gasteiger charge is 2.24. The minimum absolute atomic E-state index is 0.116. The summed E-state index contributed by atoms with van der Waals surface area (Å²) in [6, 6.07) is 7.16. The second-order valence-corrected chi connectivity index (χ2v) is 7.26. The predicted molar refractivity (Wildman–Crippen MR) is 117 cm³/mol. The van der Waals surface area contributed by atoms with E-state index < -0.39 is 24.5 Å². The number of H-pyrrole nitrogens is 1. The van der Waals surface area contributed by atoms with Crippen LogP contribution in [-0.2, 0) is 14.3 Å². The topological polar surface area (TPSA) is 116 Å². The minimum atomic E-state index is -0.727. The van der Waals surface area contributed by atoms with Crippen LogP contribution in [0.4, 0.5) is 0 Å². The van der Waals surface area contributed by atoms with Crippen LogP contribution in [-0.4, -0.2) is 55.3 Å². The second kappa shape index (κ2) is 11.8.